The van der Waals surface area contributed by atoms with Crippen LogP contribution in [0.4, 0.5) is 0 Å². The molecule has 5 atom stereocenters. The number of hydrogen-bond donors (Lipinski definition) is 2. The van der Waals surface area contributed by atoms with Crippen molar-refractivity contribution in [2.24, 2.45) is 5.92 Å². The molecule has 0 spiro atoms. The SMILES string of the molecule is COc1ccc2c(O[C@@H]3C[C@H]4C(=O)N[C@]5(C(=O)NS(=O)(=O)C6CC6)C[C@H]5/C=C\CCCCO[C@H](C)C(=O)N4C3)cc(-n3ccc(C)n3)nc2c1. The largest absolute Gasteiger partial charge is 0.497 e. The van der Waals surface area contributed by atoms with Gasteiger partial charge in [0.05, 0.1) is 30.1 Å². The lowest BCUT2D eigenvalue weighted by molar-refractivity contribution is -0.147. The molecule has 0 radical (unpaired) electrons. The number of hydrogen-bond acceptors (Lipinski definition) is 10. The molecule has 1 aromatic carbocycles. The zero-order valence-corrected chi connectivity index (χ0v) is 29.1. The lowest BCUT2D eigenvalue weighted by atomic mass is 10.1. The summed E-state index contributed by atoms with van der Waals surface area (Å²) in [5.74, 6) is -0.454. The molecule has 1 saturated heterocycles. The van der Waals surface area contributed by atoms with E-state index in [-0.39, 0.29) is 31.2 Å². The Morgan fingerprint density at radius 3 is 2.72 bits per heavy atom. The second-order valence-electron chi connectivity index (χ2n) is 13.6. The minimum atomic E-state index is -3.85. The summed E-state index contributed by atoms with van der Waals surface area (Å²) >= 11 is 0. The molecule has 14 nitrogen and oxygen atoms in total. The topological polar surface area (TPSA) is 171 Å². The fourth-order valence-electron chi connectivity index (χ4n) is 6.76. The molecule has 3 aromatic rings. The van der Waals surface area contributed by atoms with E-state index in [4.69, 9.17) is 19.2 Å². The molecular formula is C35H42N6O8S. The number of methoxy groups -OCH3 is 1. The Kier molecular flexibility index (Phi) is 9.05. The first-order valence-corrected chi connectivity index (χ1v) is 18.7. The summed E-state index contributed by atoms with van der Waals surface area (Å²) in [5, 5.41) is 7.50. The number of pyridine rings is 1. The highest BCUT2D eigenvalue weighted by Crippen LogP contribution is 2.46. The molecule has 4 aliphatic rings. The van der Waals surface area contributed by atoms with Crippen LogP contribution < -0.4 is 19.5 Å². The quantitative estimate of drug-likeness (QED) is 0.348. The van der Waals surface area contributed by atoms with E-state index in [9.17, 15) is 22.8 Å². The summed E-state index contributed by atoms with van der Waals surface area (Å²) in [6.07, 6.45) is 7.81. The maximum Gasteiger partial charge on any atom is 0.259 e. The second kappa shape index (κ2) is 13.3. The first-order chi connectivity index (χ1) is 24.0. The number of aryl methyl sites for hydroxylation is 1. The minimum Gasteiger partial charge on any atom is -0.497 e. The van der Waals surface area contributed by atoms with Gasteiger partial charge in [-0.3, -0.25) is 19.1 Å². The Balaban J connectivity index is 1.19. The van der Waals surface area contributed by atoms with E-state index >= 15 is 0 Å². The van der Waals surface area contributed by atoms with Crippen LogP contribution in [0.5, 0.6) is 11.5 Å². The Bertz CT molecular complexity index is 1960. The first kappa shape index (κ1) is 34.0. The number of aromatic nitrogens is 3. The molecule has 2 saturated carbocycles. The van der Waals surface area contributed by atoms with Crippen molar-refractivity contribution in [1.82, 2.24) is 29.7 Å². The predicted octanol–water partition coefficient (Wildman–Crippen LogP) is 2.71. The van der Waals surface area contributed by atoms with Crippen LogP contribution in [0.1, 0.15) is 57.6 Å². The molecule has 7 rings (SSSR count). The van der Waals surface area contributed by atoms with Gasteiger partial charge >= 0.3 is 0 Å². The smallest absolute Gasteiger partial charge is 0.259 e. The van der Waals surface area contributed by atoms with Crippen LogP contribution in [0.15, 0.2) is 48.7 Å². The van der Waals surface area contributed by atoms with Gasteiger partial charge in [-0.1, -0.05) is 12.2 Å². The van der Waals surface area contributed by atoms with Crippen molar-refractivity contribution < 1.29 is 37.0 Å². The molecule has 0 unspecified atom stereocenters. The molecule has 0 bridgehead atoms. The average molecular weight is 707 g/mol. The number of fused-ring (bicyclic) bond motifs is 3. The van der Waals surface area contributed by atoms with Crippen LogP contribution >= 0.6 is 0 Å². The zero-order chi connectivity index (χ0) is 35.2. The molecule has 2 N–H and O–H groups in total. The van der Waals surface area contributed by atoms with E-state index in [1.807, 2.05) is 31.2 Å². The van der Waals surface area contributed by atoms with Gasteiger partial charge in [0.15, 0.2) is 5.82 Å². The van der Waals surface area contributed by atoms with Crippen LogP contribution in [0.2, 0.25) is 0 Å². The number of benzene rings is 1. The number of carbonyl (C=O) groups excluding carboxylic acids is 3. The van der Waals surface area contributed by atoms with E-state index in [1.165, 1.54) is 4.90 Å². The fourth-order valence-corrected chi connectivity index (χ4v) is 8.12. The van der Waals surface area contributed by atoms with Crippen LogP contribution in [-0.2, 0) is 29.1 Å². The third kappa shape index (κ3) is 6.80. The van der Waals surface area contributed by atoms with Crippen LogP contribution in [0.25, 0.3) is 16.7 Å². The number of ether oxygens (including phenoxy) is 3. The highest BCUT2D eigenvalue weighted by molar-refractivity contribution is 7.91. The predicted molar refractivity (Wildman–Crippen MR) is 182 cm³/mol. The van der Waals surface area contributed by atoms with Crippen molar-refractivity contribution in [2.75, 3.05) is 20.3 Å². The molecule has 3 amide bonds. The van der Waals surface area contributed by atoms with Crippen molar-refractivity contribution >= 4 is 38.6 Å². The Morgan fingerprint density at radius 1 is 1.16 bits per heavy atom. The number of carbonyl (C=O) groups is 3. The highest BCUT2D eigenvalue weighted by Gasteiger charge is 2.62. The Labute approximate surface area is 290 Å². The van der Waals surface area contributed by atoms with Crippen molar-refractivity contribution in [2.45, 2.75) is 87.8 Å². The molecular weight excluding hydrogens is 664 g/mol. The van der Waals surface area contributed by atoms with E-state index in [0.717, 1.165) is 25.0 Å². The summed E-state index contributed by atoms with van der Waals surface area (Å²) in [6.45, 7) is 4.01. The fraction of sp³-hybridized carbons (Fsp3) is 0.514. The zero-order valence-electron chi connectivity index (χ0n) is 28.3. The number of allylic oxidation sites excluding steroid dienone is 1. The summed E-state index contributed by atoms with van der Waals surface area (Å²) in [4.78, 5) is 47.9. The molecule has 3 fully saturated rings. The molecule has 2 aliphatic carbocycles. The highest BCUT2D eigenvalue weighted by atomic mass is 32.2. The number of nitrogens with one attached hydrogen (secondary N) is 2. The van der Waals surface area contributed by atoms with Gasteiger partial charge in [-0.05, 0) is 70.6 Å². The van der Waals surface area contributed by atoms with Crippen LogP contribution in [0.3, 0.4) is 0 Å². The maximum atomic E-state index is 14.2. The van der Waals surface area contributed by atoms with Crippen molar-refractivity contribution in [3.63, 3.8) is 0 Å². The lowest BCUT2D eigenvalue weighted by Crippen LogP contribution is -2.57. The van der Waals surface area contributed by atoms with E-state index in [2.05, 4.69) is 15.1 Å². The van der Waals surface area contributed by atoms with Crippen LogP contribution in [-0.4, -0.2) is 95.1 Å². The third-order valence-corrected chi connectivity index (χ3v) is 11.7. The summed E-state index contributed by atoms with van der Waals surface area (Å²) in [7, 11) is -2.27. The first-order valence-electron chi connectivity index (χ1n) is 17.1. The number of nitrogens with zero attached hydrogens (tertiary/aromatic N) is 4. The van der Waals surface area contributed by atoms with Crippen molar-refractivity contribution in [3.05, 3.63) is 54.4 Å². The number of sulfonamides is 1. The van der Waals surface area contributed by atoms with Gasteiger partial charge in [0, 0.05) is 42.7 Å². The van der Waals surface area contributed by atoms with E-state index < -0.39 is 50.9 Å². The summed E-state index contributed by atoms with van der Waals surface area (Å²) < 4.78 is 47.3. The van der Waals surface area contributed by atoms with Gasteiger partial charge in [-0.15, -0.1) is 0 Å². The molecule has 50 heavy (non-hydrogen) atoms. The molecule has 2 aliphatic heterocycles. The summed E-state index contributed by atoms with van der Waals surface area (Å²) in [5.41, 5.74) is -0.0235. The van der Waals surface area contributed by atoms with Gasteiger partial charge in [-0.2, -0.15) is 5.10 Å². The Morgan fingerprint density at radius 2 is 1.98 bits per heavy atom. The van der Waals surface area contributed by atoms with E-state index in [0.29, 0.717) is 47.7 Å². The van der Waals surface area contributed by atoms with E-state index in [1.54, 1.807) is 43.1 Å². The van der Waals surface area contributed by atoms with Crippen molar-refractivity contribution in [1.29, 1.82) is 0 Å². The van der Waals surface area contributed by atoms with Gasteiger partial charge in [0.1, 0.15) is 35.3 Å². The molecule has 15 heteroatoms. The number of amides is 3. The Hall–Kier alpha value is -4.50. The average Bonchev–Trinajstić information content (AvgIpc) is 3.98. The molecule has 266 valence electrons. The standard InChI is InChI=1S/C35H42N6O8S/c1-21-13-14-41(38-21)31-18-30(27-12-9-24(47-3)16-28(27)36-31)49-25-17-29-32(42)37-35(34(44)39-50(45,46)26-10-11-26)19-23(35)8-6-4-5-7-15-48-22(2)33(43)40(29)20-25/h6,8-9,12-14,16,18,22-23,25-26,29H,4-5,7,10-11,15,17,19-20H2,1-3H3,(H,37,42)(H,39,44)/b8-6-/t22-,23-,25-,29+,35-/m1/s1. The molecule has 2 aromatic heterocycles. The third-order valence-electron chi connectivity index (χ3n) is 9.88. The minimum absolute atomic E-state index is 0.0827. The number of rotatable bonds is 7. The normalized spacial score (nSPS) is 28.1. The summed E-state index contributed by atoms with van der Waals surface area (Å²) in [6, 6.07) is 8.08. The van der Waals surface area contributed by atoms with Gasteiger partial charge in [-0.25, -0.2) is 18.1 Å². The monoisotopic (exact) mass is 706 g/mol. The van der Waals surface area contributed by atoms with Gasteiger partial charge in [0.2, 0.25) is 15.9 Å². The van der Waals surface area contributed by atoms with Gasteiger partial charge < -0.3 is 24.4 Å². The van der Waals surface area contributed by atoms with Crippen molar-refractivity contribution in [3.8, 4) is 17.3 Å². The maximum absolute atomic E-state index is 14.2. The van der Waals surface area contributed by atoms with Crippen LogP contribution in [0, 0.1) is 12.8 Å². The lowest BCUT2D eigenvalue weighted by Gasteiger charge is -2.28. The van der Waals surface area contributed by atoms with Gasteiger partial charge in [0.25, 0.3) is 11.8 Å². The molecule has 4 heterocycles. The second-order valence-corrected chi connectivity index (χ2v) is 15.6.